The lowest BCUT2D eigenvalue weighted by Gasteiger charge is -2.15. The maximum absolute atomic E-state index is 12.9. The maximum atomic E-state index is 12.9. The number of hydrogen-bond donors (Lipinski definition) is 0. The van der Waals surface area contributed by atoms with E-state index in [1.807, 2.05) is 6.92 Å². The molecule has 0 aliphatic rings. The summed E-state index contributed by atoms with van der Waals surface area (Å²) in [6, 6.07) is 3.48. The SMILES string of the molecule is CC(=O)c1c([S+]([O-])c2cncnc2)nc2c(Cl)ccc(C)c2c1Cl. The molecule has 1 atom stereocenters. The Bertz CT molecular complexity index is 951. The summed E-state index contributed by atoms with van der Waals surface area (Å²) in [5.74, 6) is -0.325. The van der Waals surface area contributed by atoms with Gasteiger partial charge in [-0.25, -0.2) is 9.97 Å². The number of ketones is 1. The van der Waals surface area contributed by atoms with Crippen molar-refractivity contribution in [2.24, 2.45) is 0 Å². The van der Waals surface area contributed by atoms with Crippen LogP contribution in [0.25, 0.3) is 10.9 Å². The fraction of sp³-hybridized carbons (Fsp3) is 0.125. The lowest BCUT2D eigenvalue weighted by atomic mass is 10.1. The number of fused-ring (bicyclic) bond motifs is 1. The summed E-state index contributed by atoms with van der Waals surface area (Å²) >= 11 is 10.9. The van der Waals surface area contributed by atoms with Crippen LogP contribution in [0.5, 0.6) is 0 Å². The van der Waals surface area contributed by atoms with Gasteiger partial charge in [0.25, 0.3) is 5.03 Å². The molecular formula is C16H11Cl2N3O2S. The van der Waals surface area contributed by atoms with Crippen LogP contribution < -0.4 is 0 Å². The highest BCUT2D eigenvalue weighted by atomic mass is 35.5. The van der Waals surface area contributed by atoms with E-state index in [4.69, 9.17) is 23.2 Å². The number of carbonyl (C=O) groups excluding carboxylic acids is 1. The van der Waals surface area contributed by atoms with Crippen molar-refractivity contribution in [2.45, 2.75) is 23.8 Å². The third-order valence-electron chi connectivity index (χ3n) is 3.48. The average Bonchev–Trinajstić information content (AvgIpc) is 2.57. The zero-order valence-corrected chi connectivity index (χ0v) is 15.0. The van der Waals surface area contributed by atoms with Crippen molar-refractivity contribution in [3.05, 3.63) is 52.0 Å². The summed E-state index contributed by atoms with van der Waals surface area (Å²) in [6.07, 6.45) is 4.14. The monoisotopic (exact) mass is 379 g/mol. The number of aryl methyl sites for hydroxylation is 1. The van der Waals surface area contributed by atoms with E-state index in [9.17, 15) is 9.35 Å². The second kappa shape index (κ2) is 6.64. The van der Waals surface area contributed by atoms with Crippen molar-refractivity contribution >= 4 is 51.1 Å². The summed E-state index contributed by atoms with van der Waals surface area (Å²) in [6.45, 7) is 3.20. The minimum Gasteiger partial charge on any atom is -0.605 e. The smallest absolute Gasteiger partial charge is 0.263 e. The van der Waals surface area contributed by atoms with E-state index in [1.54, 1.807) is 12.1 Å². The number of rotatable bonds is 3. The van der Waals surface area contributed by atoms with Gasteiger partial charge >= 0.3 is 0 Å². The Hall–Kier alpha value is -1.73. The average molecular weight is 380 g/mol. The molecule has 5 nitrogen and oxygen atoms in total. The number of halogens is 2. The highest BCUT2D eigenvalue weighted by Crippen LogP contribution is 2.37. The molecule has 1 aromatic carbocycles. The molecule has 3 rings (SSSR count). The van der Waals surface area contributed by atoms with Gasteiger partial charge in [0.1, 0.15) is 11.9 Å². The Labute approximate surface area is 151 Å². The molecule has 0 aliphatic heterocycles. The van der Waals surface area contributed by atoms with E-state index in [-0.39, 0.29) is 21.4 Å². The molecule has 24 heavy (non-hydrogen) atoms. The first-order valence-electron chi connectivity index (χ1n) is 6.88. The molecule has 2 aromatic heterocycles. The van der Waals surface area contributed by atoms with Gasteiger partial charge < -0.3 is 4.55 Å². The second-order valence-corrected chi connectivity index (χ2v) is 7.27. The maximum Gasteiger partial charge on any atom is 0.263 e. The van der Waals surface area contributed by atoms with Crippen LogP contribution in [0.3, 0.4) is 0 Å². The lowest BCUT2D eigenvalue weighted by Crippen LogP contribution is -2.13. The third kappa shape index (κ3) is 2.86. The first-order valence-corrected chi connectivity index (χ1v) is 8.78. The molecule has 3 aromatic rings. The van der Waals surface area contributed by atoms with Crippen molar-refractivity contribution in [1.82, 2.24) is 15.0 Å². The Morgan fingerprint density at radius 3 is 2.50 bits per heavy atom. The molecule has 0 bridgehead atoms. The standard InChI is InChI=1S/C16H11Cl2N3O2S/c1-8-3-4-11(17)15-12(8)14(18)13(9(2)22)16(21-15)24(23)10-5-19-7-20-6-10/h3-7H,1-2H3. The fourth-order valence-electron chi connectivity index (χ4n) is 2.36. The van der Waals surface area contributed by atoms with Crippen LogP contribution in [0.1, 0.15) is 22.8 Å². The van der Waals surface area contributed by atoms with Crippen LogP contribution in [0, 0.1) is 6.92 Å². The Morgan fingerprint density at radius 1 is 1.21 bits per heavy atom. The van der Waals surface area contributed by atoms with Crippen LogP contribution in [0.2, 0.25) is 10.0 Å². The number of pyridine rings is 1. The summed E-state index contributed by atoms with van der Waals surface area (Å²) in [4.78, 5) is 24.6. The molecule has 0 saturated carbocycles. The summed E-state index contributed by atoms with van der Waals surface area (Å²) in [7, 11) is 0. The van der Waals surface area contributed by atoms with Crippen LogP contribution >= 0.6 is 23.2 Å². The van der Waals surface area contributed by atoms with Gasteiger partial charge in [-0.3, -0.25) is 4.79 Å². The van der Waals surface area contributed by atoms with E-state index in [0.29, 0.717) is 20.8 Å². The predicted octanol–water partition coefficient (Wildman–Crippen LogP) is 4.01. The zero-order valence-electron chi connectivity index (χ0n) is 12.7. The number of hydrogen-bond acceptors (Lipinski definition) is 5. The first kappa shape index (κ1) is 17.1. The van der Waals surface area contributed by atoms with Gasteiger partial charge in [-0.1, -0.05) is 29.3 Å². The fourth-order valence-corrected chi connectivity index (χ4v) is 4.22. The zero-order chi connectivity index (χ0) is 17.4. The van der Waals surface area contributed by atoms with Gasteiger partial charge in [-0.05, 0) is 25.5 Å². The predicted molar refractivity (Wildman–Crippen MR) is 93.2 cm³/mol. The molecule has 1 unspecified atom stereocenters. The second-order valence-electron chi connectivity index (χ2n) is 5.09. The quantitative estimate of drug-likeness (QED) is 0.507. The van der Waals surface area contributed by atoms with E-state index in [1.165, 1.54) is 25.6 Å². The highest BCUT2D eigenvalue weighted by Gasteiger charge is 2.29. The topological polar surface area (TPSA) is 78.8 Å². The molecule has 2 heterocycles. The summed E-state index contributed by atoms with van der Waals surface area (Å²) < 4.78 is 12.9. The molecule has 0 spiro atoms. The van der Waals surface area contributed by atoms with Gasteiger partial charge in [0, 0.05) is 16.6 Å². The van der Waals surface area contributed by atoms with Crippen LogP contribution in [0.15, 0.2) is 40.8 Å². The van der Waals surface area contributed by atoms with Gasteiger partial charge in [0.05, 0.1) is 28.0 Å². The molecule has 8 heteroatoms. The Morgan fingerprint density at radius 2 is 1.88 bits per heavy atom. The van der Waals surface area contributed by atoms with E-state index >= 15 is 0 Å². The summed E-state index contributed by atoms with van der Waals surface area (Å²) in [5.41, 5.74) is 1.36. The minimum absolute atomic E-state index is 0.0577. The van der Waals surface area contributed by atoms with Crippen molar-refractivity contribution in [3.8, 4) is 0 Å². The number of nitrogens with zero attached hydrogens (tertiary/aromatic N) is 3. The molecule has 0 amide bonds. The van der Waals surface area contributed by atoms with Gasteiger partial charge in [0.2, 0.25) is 0 Å². The van der Waals surface area contributed by atoms with Crippen molar-refractivity contribution in [1.29, 1.82) is 0 Å². The van der Waals surface area contributed by atoms with Crippen LogP contribution in [0.4, 0.5) is 0 Å². The molecule has 0 radical (unpaired) electrons. The number of aromatic nitrogens is 3. The van der Waals surface area contributed by atoms with Crippen molar-refractivity contribution in [3.63, 3.8) is 0 Å². The number of carbonyl (C=O) groups is 1. The molecule has 0 aliphatic carbocycles. The van der Waals surface area contributed by atoms with E-state index in [2.05, 4.69) is 15.0 Å². The normalized spacial score (nSPS) is 12.4. The minimum atomic E-state index is -1.76. The van der Waals surface area contributed by atoms with Crippen LogP contribution in [-0.2, 0) is 11.2 Å². The molecule has 0 saturated heterocycles. The highest BCUT2D eigenvalue weighted by molar-refractivity contribution is 7.91. The molecule has 0 fully saturated rings. The molecule has 122 valence electrons. The first-order chi connectivity index (χ1) is 11.4. The van der Waals surface area contributed by atoms with Gasteiger partial charge in [-0.15, -0.1) is 0 Å². The molecule has 0 N–H and O–H groups in total. The lowest BCUT2D eigenvalue weighted by molar-refractivity contribution is 0.101. The Kier molecular flexibility index (Phi) is 4.73. The Balaban J connectivity index is 2.37. The van der Waals surface area contributed by atoms with Crippen molar-refractivity contribution in [2.75, 3.05) is 0 Å². The molecular weight excluding hydrogens is 369 g/mol. The third-order valence-corrected chi connectivity index (χ3v) is 5.45. The van der Waals surface area contributed by atoms with Gasteiger partial charge in [0.15, 0.2) is 10.7 Å². The summed E-state index contributed by atoms with van der Waals surface area (Å²) in [5, 5.41) is 1.21. The van der Waals surface area contributed by atoms with Crippen LogP contribution in [-0.4, -0.2) is 25.3 Å². The largest absolute Gasteiger partial charge is 0.605 e. The van der Waals surface area contributed by atoms with E-state index in [0.717, 1.165) is 5.56 Å². The number of benzene rings is 1. The number of Topliss-reactive ketones (excluding diaryl/α,β-unsaturated/α-hetero) is 1. The van der Waals surface area contributed by atoms with Crippen molar-refractivity contribution < 1.29 is 9.35 Å². The van der Waals surface area contributed by atoms with E-state index < -0.39 is 11.2 Å². The van der Waals surface area contributed by atoms with Gasteiger partial charge in [-0.2, -0.15) is 4.98 Å².